The van der Waals surface area contributed by atoms with Gasteiger partial charge < -0.3 is 5.32 Å². The lowest BCUT2D eigenvalue weighted by molar-refractivity contribution is -0.135. The van der Waals surface area contributed by atoms with E-state index in [2.05, 4.69) is 5.32 Å². The quantitative estimate of drug-likeness (QED) is 0.718. The van der Waals surface area contributed by atoms with Gasteiger partial charge in [-0.2, -0.15) is 13.2 Å². The van der Waals surface area contributed by atoms with Crippen LogP contribution in [0.2, 0.25) is 0 Å². The van der Waals surface area contributed by atoms with Crippen LogP contribution in [0.5, 0.6) is 0 Å². The molecule has 98 valence electrons. The number of rotatable bonds is 7. The zero-order valence-electron chi connectivity index (χ0n) is 9.05. The Hall–Kier alpha value is -0.340. The van der Waals surface area contributed by atoms with Crippen molar-refractivity contribution in [3.8, 4) is 0 Å². The minimum atomic E-state index is -4.12. The maximum Gasteiger partial charge on any atom is 0.389 e. The molecular formula is C8H17F3N2O2S. The van der Waals surface area contributed by atoms with Crippen LogP contribution >= 0.6 is 0 Å². The summed E-state index contributed by atoms with van der Waals surface area (Å²) >= 11 is 0. The van der Waals surface area contributed by atoms with Crippen molar-refractivity contribution in [2.24, 2.45) is 5.14 Å². The van der Waals surface area contributed by atoms with E-state index in [1.54, 1.807) is 6.92 Å². The van der Waals surface area contributed by atoms with E-state index in [-0.39, 0.29) is 24.8 Å². The summed E-state index contributed by atoms with van der Waals surface area (Å²) < 4.78 is 56.5. The van der Waals surface area contributed by atoms with Crippen LogP contribution in [0, 0.1) is 0 Å². The van der Waals surface area contributed by atoms with Crippen LogP contribution in [0.15, 0.2) is 0 Å². The average Bonchev–Trinajstić information content (AvgIpc) is 1.98. The van der Waals surface area contributed by atoms with E-state index in [0.29, 0.717) is 6.42 Å². The van der Waals surface area contributed by atoms with E-state index in [4.69, 9.17) is 5.14 Å². The van der Waals surface area contributed by atoms with Gasteiger partial charge in [0.15, 0.2) is 0 Å². The second-order valence-corrected chi connectivity index (χ2v) is 5.46. The SMILES string of the molecule is CC(CCCC(F)(F)F)NCCS(N)(=O)=O. The highest BCUT2D eigenvalue weighted by Crippen LogP contribution is 2.22. The molecule has 0 heterocycles. The second kappa shape index (κ2) is 6.41. The normalized spacial score (nSPS) is 15.1. The molecule has 1 atom stereocenters. The Bertz CT molecular complexity index is 290. The van der Waals surface area contributed by atoms with Crippen LogP contribution in [-0.4, -0.2) is 32.9 Å². The molecule has 4 nitrogen and oxygen atoms in total. The minimum absolute atomic E-state index is 0.0348. The Labute approximate surface area is 93.4 Å². The fourth-order valence-electron chi connectivity index (χ4n) is 1.16. The predicted molar refractivity (Wildman–Crippen MR) is 55.3 cm³/mol. The monoisotopic (exact) mass is 262 g/mol. The molecule has 0 aliphatic carbocycles. The number of halogens is 3. The molecule has 0 bridgehead atoms. The first-order chi connectivity index (χ1) is 7.10. The molecule has 0 aromatic heterocycles. The molecule has 0 saturated carbocycles. The van der Waals surface area contributed by atoms with Gasteiger partial charge in [0, 0.05) is 19.0 Å². The minimum Gasteiger partial charge on any atom is -0.313 e. The van der Waals surface area contributed by atoms with Gasteiger partial charge in [-0.25, -0.2) is 13.6 Å². The highest BCUT2D eigenvalue weighted by molar-refractivity contribution is 7.89. The molecule has 3 N–H and O–H groups in total. The molecule has 0 radical (unpaired) electrons. The van der Waals surface area contributed by atoms with Crippen LogP contribution in [-0.2, 0) is 10.0 Å². The van der Waals surface area contributed by atoms with Gasteiger partial charge >= 0.3 is 6.18 Å². The Morgan fingerprint density at radius 2 is 1.94 bits per heavy atom. The van der Waals surface area contributed by atoms with E-state index in [0.717, 1.165) is 0 Å². The molecule has 0 aromatic rings. The third-order valence-electron chi connectivity index (χ3n) is 1.98. The highest BCUT2D eigenvalue weighted by atomic mass is 32.2. The summed E-state index contributed by atoms with van der Waals surface area (Å²) in [7, 11) is -3.51. The Kier molecular flexibility index (Phi) is 6.27. The van der Waals surface area contributed by atoms with E-state index in [9.17, 15) is 21.6 Å². The number of nitrogens with one attached hydrogen (secondary N) is 1. The third kappa shape index (κ3) is 11.7. The molecule has 0 aliphatic rings. The molecule has 0 spiro atoms. The van der Waals surface area contributed by atoms with Gasteiger partial charge in [-0.1, -0.05) is 0 Å². The summed E-state index contributed by atoms with van der Waals surface area (Å²) in [5.74, 6) is -0.212. The third-order valence-corrected chi connectivity index (χ3v) is 2.75. The first-order valence-electron chi connectivity index (χ1n) is 4.91. The number of sulfonamides is 1. The Balaban J connectivity index is 3.57. The Morgan fingerprint density at radius 1 is 1.38 bits per heavy atom. The summed E-state index contributed by atoms with van der Waals surface area (Å²) in [5, 5.41) is 7.56. The van der Waals surface area contributed by atoms with Gasteiger partial charge in [0.05, 0.1) is 5.75 Å². The van der Waals surface area contributed by atoms with Crippen LogP contribution in [0.1, 0.15) is 26.2 Å². The molecular weight excluding hydrogens is 245 g/mol. The number of primary sulfonamides is 1. The van der Waals surface area contributed by atoms with Crippen molar-refractivity contribution in [1.29, 1.82) is 0 Å². The second-order valence-electron chi connectivity index (χ2n) is 3.73. The highest BCUT2D eigenvalue weighted by Gasteiger charge is 2.26. The number of hydrogen-bond acceptors (Lipinski definition) is 3. The molecule has 0 aliphatic heterocycles. The maximum absolute atomic E-state index is 11.8. The lowest BCUT2D eigenvalue weighted by atomic mass is 10.1. The first kappa shape index (κ1) is 15.7. The summed E-state index contributed by atoms with van der Waals surface area (Å²) in [6.07, 6.45) is -4.55. The van der Waals surface area contributed by atoms with Crippen LogP contribution in [0.4, 0.5) is 13.2 Å². The lowest BCUT2D eigenvalue weighted by Crippen LogP contribution is -2.33. The maximum atomic E-state index is 11.8. The molecule has 16 heavy (non-hydrogen) atoms. The largest absolute Gasteiger partial charge is 0.389 e. The van der Waals surface area contributed by atoms with Gasteiger partial charge in [-0.15, -0.1) is 0 Å². The van der Waals surface area contributed by atoms with Crippen molar-refractivity contribution >= 4 is 10.0 Å². The molecule has 0 rings (SSSR count). The summed E-state index contributed by atoms with van der Waals surface area (Å²) in [4.78, 5) is 0. The Morgan fingerprint density at radius 3 is 2.38 bits per heavy atom. The van der Waals surface area contributed by atoms with E-state index in [1.807, 2.05) is 0 Å². The van der Waals surface area contributed by atoms with Crippen LogP contribution in [0.3, 0.4) is 0 Å². The van der Waals surface area contributed by atoms with Crippen molar-refractivity contribution in [2.45, 2.75) is 38.4 Å². The molecule has 0 fully saturated rings. The van der Waals surface area contributed by atoms with Gasteiger partial charge in [0.25, 0.3) is 0 Å². The molecule has 0 amide bonds. The number of hydrogen-bond donors (Lipinski definition) is 2. The van der Waals surface area contributed by atoms with Crippen LogP contribution in [0.25, 0.3) is 0 Å². The fraction of sp³-hybridized carbons (Fsp3) is 1.00. The average molecular weight is 262 g/mol. The topological polar surface area (TPSA) is 72.2 Å². The number of nitrogens with two attached hydrogens (primary N) is 1. The van der Waals surface area contributed by atoms with E-state index < -0.39 is 22.6 Å². The van der Waals surface area contributed by atoms with Gasteiger partial charge in [-0.05, 0) is 19.8 Å². The molecule has 8 heteroatoms. The summed E-state index contributed by atoms with van der Waals surface area (Å²) in [6.45, 7) is 1.87. The van der Waals surface area contributed by atoms with Crippen molar-refractivity contribution in [3.05, 3.63) is 0 Å². The van der Waals surface area contributed by atoms with Crippen molar-refractivity contribution in [3.63, 3.8) is 0 Å². The van der Waals surface area contributed by atoms with E-state index in [1.165, 1.54) is 0 Å². The first-order valence-corrected chi connectivity index (χ1v) is 6.62. The molecule has 1 unspecified atom stereocenters. The van der Waals surface area contributed by atoms with E-state index >= 15 is 0 Å². The molecule has 0 saturated heterocycles. The van der Waals surface area contributed by atoms with Gasteiger partial charge in [-0.3, -0.25) is 0 Å². The smallest absolute Gasteiger partial charge is 0.313 e. The molecule has 0 aromatic carbocycles. The van der Waals surface area contributed by atoms with Crippen molar-refractivity contribution in [1.82, 2.24) is 5.32 Å². The van der Waals surface area contributed by atoms with Gasteiger partial charge in [0.1, 0.15) is 0 Å². The predicted octanol–water partition coefficient (Wildman–Crippen LogP) is 0.986. The summed E-state index contributed by atoms with van der Waals surface area (Å²) in [6, 6.07) is -0.149. The van der Waals surface area contributed by atoms with Crippen molar-refractivity contribution in [2.75, 3.05) is 12.3 Å². The lowest BCUT2D eigenvalue weighted by Gasteiger charge is -2.13. The number of alkyl halides is 3. The fourth-order valence-corrected chi connectivity index (χ4v) is 1.56. The van der Waals surface area contributed by atoms with Gasteiger partial charge in [0.2, 0.25) is 10.0 Å². The summed E-state index contributed by atoms with van der Waals surface area (Å²) in [5.41, 5.74) is 0. The zero-order chi connectivity index (χ0) is 12.8. The zero-order valence-corrected chi connectivity index (χ0v) is 9.87. The van der Waals surface area contributed by atoms with Crippen molar-refractivity contribution < 1.29 is 21.6 Å². The standard InChI is InChI=1S/C8H17F3N2O2S/c1-7(3-2-4-8(9,10)11)13-5-6-16(12,14)15/h7,13H,2-6H2,1H3,(H2,12,14,15). The van der Waals surface area contributed by atoms with Crippen LogP contribution < -0.4 is 10.5 Å².